The van der Waals surface area contributed by atoms with E-state index >= 15 is 0 Å². The van der Waals surface area contributed by atoms with Gasteiger partial charge in [-0.05, 0) is 65.5 Å². The van der Waals surface area contributed by atoms with Crippen LogP contribution in [-0.4, -0.2) is 32.3 Å². The summed E-state index contributed by atoms with van der Waals surface area (Å²) in [6, 6.07) is 7.81. The Morgan fingerprint density at radius 1 is 1.16 bits per heavy atom. The molecule has 1 aliphatic rings. The molecule has 1 aliphatic heterocycles. The number of nitrogens with zero attached hydrogens (tertiary/aromatic N) is 1. The molecule has 0 atom stereocenters. The number of rotatable bonds is 4. The lowest BCUT2D eigenvalue weighted by atomic mass is 10.1. The van der Waals surface area contributed by atoms with Gasteiger partial charge in [-0.2, -0.15) is 0 Å². The number of carbonyl (C=O) groups excluding carboxylic acids is 1. The Balaban J connectivity index is 1.93. The molecule has 0 aliphatic carbocycles. The van der Waals surface area contributed by atoms with Gasteiger partial charge in [0.05, 0.1) is 15.0 Å². The number of hydrogen-bond acceptors (Lipinski definition) is 4. The first-order valence-electron chi connectivity index (χ1n) is 7.74. The number of nitrogens with one attached hydrogen (secondary N) is 1. The summed E-state index contributed by atoms with van der Waals surface area (Å²) in [6.07, 6.45) is 3.03. The first kappa shape index (κ1) is 18.7. The Morgan fingerprint density at radius 2 is 1.88 bits per heavy atom. The zero-order valence-electron chi connectivity index (χ0n) is 13.2. The first-order valence-corrected chi connectivity index (χ1v) is 11.2. The van der Waals surface area contributed by atoms with E-state index in [1.54, 1.807) is 23.1 Å². The van der Waals surface area contributed by atoms with Crippen LogP contribution in [0.5, 0.6) is 0 Å². The molecule has 1 amide bonds. The Labute approximate surface area is 164 Å². The molecule has 0 unspecified atom stereocenters. The fourth-order valence-electron chi connectivity index (χ4n) is 2.69. The van der Waals surface area contributed by atoms with Crippen LogP contribution >= 0.6 is 38.9 Å². The molecule has 25 heavy (non-hydrogen) atoms. The van der Waals surface area contributed by atoms with Gasteiger partial charge in [0.15, 0.2) is 0 Å². The molecule has 0 radical (unpaired) electrons. The van der Waals surface area contributed by atoms with E-state index in [-0.39, 0.29) is 15.8 Å². The van der Waals surface area contributed by atoms with E-state index in [4.69, 9.17) is 11.6 Å². The Hall–Kier alpha value is -1.09. The molecule has 9 heteroatoms. The van der Waals surface area contributed by atoms with Gasteiger partial charge in [-0.3, -0.25) is 9.52 Å². The second-order valence-corrected chi connectivity index (χ2v) is 10.5. The van der Waals surface area contributed by atoms with Gasteiger partial charge in [0.1, 0.15) is 4.21 Å². The molecule has 3 rings (SSSR count). The van der Waals surface area contributed by atoms with Crippen LogP contribution in [-0.2, 0) is 10.0 Å². The van der Waals surface area contributed by atoms with Crippen LogP contribution in [0.25, 0.3) is 0 Å². The van der Waals surface area contributed by atoms with Crippen molar-refractivity contribution >= 4 is 60.5 Å². The summed E-state index contributed by atoms with van der Waals surface area (Å²) in [5, 5.41) is 0.361. The minimum atomic E-state index is -3.79. The monoisotopic (exact) mass is 462 g/mol. The van der Waals surface area contributed by atoms with Crippen molar-refractivity contribution in [2.45, 2.75) is 23.5 Å². The number of sulfonamides is 1. The van der Waals surface area contributed by atoms with E-state index in [9.17, 15) is 13.2 Å². The van der Waals surface area contributed by atoms with Crippen molar-refractivity contribution in [3.05, 3.63) is 44.7 Å². The molecule has 1 N–H and O–H groups in total. The van der Waals surface area contributed by atoms with Gasteiger partial charge in [0, 0.05) is 18.1 Å². The van der Waals surface area contributed by atoms with Crippen LogP contribution in [0.1, 0.15) is 29.6 Å². The van der Waals surface area contributed by atoms with Crippen molar-refractivity contribution in [2.24, 2.45) is 0 Å². The van der Waals surface area contributed by atoms with Crippen LogP contribution < -0.4 is 4.72 Å². The Morgan fingerprint density at radius 3 is 2.52 bits per heavy atom. The third-order valence-corrected chi connectivity index (χ3v) is 7.63. The van der Waals surface area contributed by atoms with E-state index in [2.05, 4.69) is 20.7 Å². The summed E-state index contributed by atoms with van der Waals surface area (Å²) < 4.78 is 28.6. The van der Waals surface area contributed by atoms with Crippen LogP contribution in [0.2, 0.25) is 5.02 Å². The summed E-state index contributed by atoms with van der Waals surface area (Å²) in [6.45, 7) is 1.37. The van der Waals surface area contributed by atoms with E-state index in [1.807, 2.05) is 0 Å². The van der Waals surface area contributed by atoms with Crippen LogP contribution in [0.4, 0.5) is 5.69 Å². The smallest absolute Gasteiger partial charge is 0.271 e. The Bertz CT molecular complexity index is 893. The lowest BCUT2D eigenvalue weighted by Crippen LogP contribution is -2.36. The first-order chi connectivity index (χ1) is 11.9. The van der Waals surface area contributed by atoms with E-state index in [0.717, 1.165) is 30.6 Å². The highest BCUT2D eigenvalue weighted by atomic mass is 79.9. The fourth-order valence-corrected chi connectivity index (χ4v) is 5.94. The molecule has 0 bridgehead atoms. The molecule has 2 aromatic rings. The predicted octanol–water partition coefficient (Wildman–Crippen LogP) is 4.59. The summed E-state index contributed by atoms with van der Waals surface area (Å²) in [7, 11) is -3.79. The topological polar surface area (TPSA) is 66.5 Å². The van der Waals surface area contributed by atoms with Crippen LogP contribution in [0.15, 0.2) is 38.3 Å². The SMILES string of the molecule is O=C(c1ccc(Cl)cc1NS(=O)(=O)c1ccc(Br)s1)N1CCCCC1. The lowest BCUT2D eigenvalue weighted by molar-refractivity contribution is 0.0725. The molecule has 0 spiro atoms. The van der Waals surface area contributed by atoms with Crippen molar-refractivity contribution in [3.8, 4) is 0 Å². The molecular formula is C16H16BrClN2O3S2. The van der Waals surface area contributed by atoms with Crippen molar-refractivity contribution in [3.63, 3.8) is 0 Å². The van der Waals surface area contributed by atoms with Gasteiger partial charge in [-0.25, -0.2) is 8.42 Å². The molecule has 1 aromatic carbocycles. The number of thiophene rings is 1. The highest BCUT2D eigenvalue weighted by molar-refractivity contribution is 9.11. The maximum absolute atomic E-state index is 12.8. The summed E-state index contributed by atoms with van der Waals surface area (Å²) >= 11 is 10.4. The standard InChI is InChI=1S/C16H16BrClN2O3S2/c17-14-6-7-15(24-14)25(22,23)19-13-10-11(18)4-5-12(13)16(21)20-8-2-1-3-9-20/h4-7,10,19H,1-3,8-9H2. The normalized spacial score (nSPS) is 15.2. The summed E-state index contributed by atoms with van der Waals surface area (Å²) in [4.78, 5) is 14.6. The molecular weight excluding hydrogens is 448 g/mol. The van der Waals surface area contributed by atoms with Gasteiger partial charge >= 0.3 is 0 Å². The average molecular weight is 464 g/mol. The molecule has 2 heterocycles. The molecule has 5 nitrogen and oxygen atoms in total. The predicted molar refractivity (Wildman–Crippen MR) is 104 cm³/mol. The Kier molecular flexibility index (Phi) is 5.72. The van der Waals surface area contributed by atoms with Crippen molar-refractivity contribution in [1.82, 2.24) is 4.90 Å². The van der Waals surface area contributed by atoms with Gasteiger partial charge in [-0.1, -0.05) is 11.6 Å². The second-order valence-electron chi connectivity index (χ2n) is 5.71. The molecule has 1 aromatic heterocycles. The van der Waals surface area contributed by atoms with Crippen molar-refractivity contribution in [1.29, 1.82) is 0 Å². The van der Waals surface area contributed by atoms with E-state index < -0.39 is 10.0 Å². The quantitative estimate of drug-likeness (QED) is 0.721. The number of anilines is 1. The van der Waals surface area contributed by atoms with Gasteiger partial charge < -0.3 is 4.90 Å². The average Bonchev–Trinajstić information content (AvgIpc) is 3.02. The minimum Gasteiger partial charge on any atom is -0.339 e. The number of halogens is 2. The number of hydrogen-bond donors (Lipinski definition) is 1. The summed E-state index contributed by atoms with van der Waals surface area (Å²) in [5.41, 5.74) is 0.512. The second kappa shape index (κ2) is 7.65. The van der Waals surface area contributed by atoms with Crippen molar-refractivity contribution < 1.29 is 13.2 Å². The zero-order valence-corrected chi connectivity index (χ0v) is 17.1. The van der Waals surface area contributed by atoms with Crippen LogP contribution in [0.3, 0.4) is 0 Å². The molecule has 134 valence electrons. The summed E-state index contributed by atoms with van der Waals surface area (Å²) in [5.74, 6) is -0.179. The highest BCUT2D eigenvalue weighted by Gasteiger charge is 2.24. The van der Waals surface area contributed by atoms with E-state index in [0.29, 0.717) is 27.5 Å². The third-order valence-electron chi connectivity index (χ3n) is 3.91. The third kappa shape index (κ3) is 4.36. The minimum absolute atomic E-state index is 0.163. The number of benzene rings is 1. The maximum atomic E-state index is 12.8. The van der Waals surface area contributed by atoms with Gasteiger partial charge in [0.2, 0.25) is 0 Å². The number of amides is 1. The number of carbonyl (C=O) groups is 1. The molecule has 1 saturated heterocycles. The van der Waals surface area contributed by atoms with Gasteiger partial charge in [-0.15, -0.1) is 11.3 Å². The van der Waals surface area contributed by atoms with Crippen LogP contribution in [0, 0.1) is 0 Å². The maximum Gasteiger partial charge on any atom is 0.271 e. The number of piperidine rings is 1. The number of likely N-dealkylation sites (tertiary alicyclic amines) is 1. The fraction of sp³-hybridized carbons (Fsp3) is 0.312. The lowest BCUT2D eigenvalue weighted by Gasteiger charge is -2.27. The molecule has 1 fully saturated rings. The van der Waals surface area contributed by atoms with Gasteiger partial charge in [0.25, 0.3) is 15.9 Å². The zero-order chi connectivity index (χ0) is 18.0. The van der Waals surface area contributed by atoms with Crippen molar-refractivity contribution in [2.75, 3.05) is 17.8 Å². The highest BCUT2D eigenvalue weighted by Crippen LogP contribution is 2.30. The van der Waals surface area contributed by atoms with E-state index in [1.165, 1.54) is 12.1 Å². The largest absolute Gasteiger partial charge is 0.339 e. The molecule has 0 saturated carbocycles.